The molecule has 0 saturated heterocycles. The number of nitrogens with zero attached hydrogens (tertiary/aromatic N) is 4. The number of hydrogen-bond donors (Lipinski definition) is 2. The first-order valence-corrected chi connectivity index (χ1v) is 8.33. The van der Waals surface area contributed by atoms with Crippen LogP contribution < -0.4 is 10.6 Å². The highest BCUT2D eigenvalue weighted by Crippen LogP contribution is 2.18. The van der Waals surface area contributed by atoms with Crippen molar-refractivity contribution in [2.45, 2.75) is 17.9 Å². The molecule has 0 radical (unpaired) electrons. The normalized spacial score (nSPS) is 11.0. The van der Waals surface area contributed by atoms with Gasteiger partial charge < -0.3 is 10.6 Å². The average molecular weight is 464 g/mol. The fourth-order valence-electron chi connectivity index (χ4n) is 1.86. The zero-order chi connectivity index (χ0) is 16.5. The molecule has 0 amide bonds. The summed E-state index contributed by atoms with van der Waals surface area (Å²) in [4.78, 5) is 9.40. The molecule has 1 aromatic carbocycles. The van der Waals surface area contributed by atoms with E-state index in [1.165, 1.54) is 18.5 Å². The summed E-state index contributed by atoms with van der Waals surface area (Å²) in [5.41, 5.74) is 0. The predicted octanol–water partition coefficient (Wildman–Crippen LogP) is 2.42. The van der Waals surface area contributed by atoms with Gasteiger partial charge >= 0.3 is 0 Å². The fourth-order valence-corrected chi connectivity index (χ4v) is 2.72. The third-order valence-electron chi connectivity index (χ3n) is 3.14. The lowest BCUT2D eigenvalue weighted by Crippen LogP contribution is -2.38. The minimum Gasteiger partial charge on any atom is -0.356 e. The Morgan fingerprint density at radius 3 is 2.67 bits per heavy atom. The van der Waals surface area contributed by atoms with Gasteiger partial charge in [0.15, 0.2) is 5.96 Å². The van der Waals surface area contributed by atoms with Gasteiger partial charge in [0.25, 0.3) is 0 Å². The lowest BCUT2D eigenvalue weighted by Gasteiger charge is -2.11. The zero-order valence-corrected chi connectivity index (χ0v) is 16.8. The second-order valence-corrected chi connectivity index (χ2v) is 5.98. The van der Waals surface area contributed by atoms with Crippen LogP contribution in [-0.2, 0) is 13.6 Å². The maximum absolute atomic E-state index is 12.8. The van der Waals surface area contributed by atoms with Crippen molar-refractivity contribution in [2.24, 2.45) is 12.0 Å². The number of thioether (sulfide) groups is 1. The standard InChI is InChI=1S/C15H21FN6S.HI/c1-17-15(19-10-14-20-11-21-22(14)2)18-8-3-9-23-13-6-4-12(16)5-7-13;/h4-7,11H,3,8-10H2,1-2H3,(H2,17,18,19);1H. The van der Waals surface area contributed by atoms with Crippen LogP contribution in [-0.4, -0.2) is 40.1 Å². The van der Waals surface area contributed by atoms with E-state index >= 15 is 0 Å². The molecule has 0 bridgehead atoms. The molecular formula is C15H22FIN6S. The molecule has 1 aromatic heterocycles. The number of hydrogen-bond acceptors (Lipinski definition) is 4. The van der Waals surface area contributed by atoms with Gasteiger partial charge in [-0.05, 0) is 36.4 Å². The Bertz CT molecular complexity index is 631. The molecule has 2 N–H and O–H groups in total. The molecule has 1 heterocycles. The summed E-state index contributed by atoms with van der Waals surface area (Å²) < 4.78 is 14.5. The van der Waals surface area contributed by atoms with E-state index in [2.05, 4.69) is 25.7 Å². The highest BCUT2D eigenvalue weighted by molar-refractivity contribution is 14.0. The summed E-state index contributed by atoms with van der Waals surface area (Å²) in [6, 6.07) is 6.57. The molecule has 9 heteroatoms. The molecule has 2 rings (SSSR count). The number of aliphatic imine (C=N–C) groups is 1. The lowest BCUT2D eigenvalue weighted by atomic mass is 10.4. The largest absolute Gasteiger partial charge is 0.356 e. The number of halogens is 2. The second-order valence-electron chi connectivity index (χ2n) is 4.81. The molecule has 6 nitrogen and oxygen atoms in total. The van der Waals surface area contributed by atoms with Crippen LogP contribution in [0.4, 0.5) is 4.39 Å². The van der Waals surface area contributed by atoms with E-state index in [0.717, 1.165) is 35.4 Å². The number of nitrogens with one attached hydrogen (secondary N) is 2. The van der Waals surface area contributed by atoms with Gasteiger partial charge in [0, 0.05) is 25.5 Å². The van der Waals surface area contributed by atoms with Crippen LogP contribution in [0.1, 0.15) is 12.2 Å². The van der Waals surface area contributed by atoms with Gasteiger partial charge in [-0.25, -0.2) is 9.37 Å². The van der Waals surface area contributed by atoms with Gasteiger partial charge in [0.1, 0.15) is 18.0 Å². The van der Waals surface area contributed by atoms with Crippen LogP contribution in [0.15, 0.2) is 40.5 Å². The summed E-state index contributed by atoms with van der Waals surface area (Å²) >= 11 is 1.71. The first kappa shape index (κ1) is 20.7. The smallest absolute Gasteiger partial charge is 0.191 e. The minimum atomic E-state index is -0.200. The minimum absolute atomic E-state index is 0. The van der Waals surface area contributed by atoms with Crippen molar-refractivity contribution in [1.82, 2.24) is 25.4 Å². The summed E-state index contributed by atoms with van der Waals surface area (Å²) in [5.74, 6) is 2.34. The Hall–Kier alpha value is -1.36. The Labute approximate surface area is 162 Å². The van der Waals surface area contributed by atoms with E-state index in [1.54, 1.807) is 35.6 Å². The molecular weight excluding hydrogens is 442 g/mol. The number of benzene rings is 1. The molecule has 0 aliphatic heterocycles. The molecule has 0 unspecified atom stereocenters. The molecule has 24 heavy (non-hydrogen) atoms. The van der Waals surface area contributed by atoms with Crippen LogP contribution in [0, 0.1) is 5.82 Å². The Morgan fingerprint density at radius 2 is 2.04 bits per heavy atom. The van der Waals surface area contributed by atoms with Gasteiger partial charge in [0.05, 0.1) is 6.54 Å². The third kappa shape index (κ3) is 7.04. The van der Waals surface area contributed by atoms with Gasteiger partial charge in [-0.15, -0.1) is 35.7 Å². The Morgan fingerprint density at radius 1 is 1.29 bits per heavy atom. The van der Waals surface area contributed by atoms with E-state index in [9.17, 15) is 4.39 Å². The number of aryl methyl sites for hydroxylation is 1. The van der Waals surface area contributed by atoms with E-state index in [-0.39, 0.29) is 29.8 Å². The first-order chi connectivity index (χ1) is 11.2. The SMILES string of the molecule is CN=C(NCCCSc1ccc(F)cc1)NCc1ncnn1C.I. The van der Waals surface area contributed by atoms with Gasteiger partial charge in [0.2, 0.25) is 0 Å². The molecule has 0 fully saturated rings. The van der Waals surface area contributed by atoms with Gasteiger partial charge in [-0.1, -0.05) is 0 Å². The maximum atomic E-state index is 12.8. The van der Waals surface area contributed by atoms with Crippen molar-refractivity contribution >= 4 is 41.7 Å². The molecule has 0 atom stereocenters. The van der Waals surface area contributed by atoms with Crippen LogP contribution in [0.25, 0.3) is 0 Å². The molecule has 0 aliphatic rings. The second kappa shape index (κ2) is 11.2. The van der Waals surface area contributed by atoms with E-state index in [0.29, 0.717) is 6.54 Å². The number of aromatic nitrogens is 3. The Balaban J connectivity index is 0.00000288. The highest BCUT2D eigenvalue weighted by Gasteiger charge is 2.02. The van der Waals surface area contributed by atoms with Crippen molar-refractivity contribution in [3.63, 3.8) is 0 Å². The number of rotatable bonds is 7. The summed E-state index contributed by atoms with van der Waals surface area (Å²) in [5, 5.41) is 10.5. The third-order valence-corrected chi connectivity index (χ3v) is 4.24. The van der Waals surface area contributed by atoms with Gasteiger partial charge in [-0.3, -0.25) is 9.67 Å². The number of guanidine groups is 1. The van der Waals surface area contributed by atoms with Crippen molar-refractivity contribution in [1.29, 1.82) is 0 Å². The fraction of sp³-hybridized carbons (Fsp3) is 0.400. The van der Waals surface area contributed by atoms with E-state index in [4.69, 9.17) is 0 Å². The molecule has 132 valence electrons. The monoisotopic (exact) mass is 464 g/mol. The predicted molar refractivity (Wildman–Crippen MR) is 106 cm³/mol. The first-order valence-electron chi connectivity index (χ1n) is 7.35. The van der Waals surface area contributed by atoms with E-state index in [1.807, 2.05) is 7.05 Å². The lowest BCUT2D eigenvalue weighted by molar-refractivity contribution is 0.626. The Kier molecular flexibility index (Phi) is 9.69. The summed E-state index contributed by atoms with van der Waals surface area (Å²) in [7, 11) is 3.59. The average Bonchev–Trinajstić information content (AvgIpc) is 2.97. The van der Waals surface area contributed by atoms with Crippen LogP contribution in [0.5, 0.6) is 0 Å². The van der Waals surface area contributed by atoms with Gasteiger partial charge in [-0.2, -0.15) is 5.10 Å². The molecule has 0 saturated carbocycles. The molecule has 0 spiro atoms. The van der Waals surface area contributed by atoms with Crippen molar-refractivity contribution in [3.8, 4) is 0 Å². The van der Waals surface area contributed by atoms with Crippen molar-refractivity contribution in [2.75, 3.05) is 19.3 Å². The van der Waals surface area contributed by atoms with Crippen LogP contribution in [0.3, 0.4) is 0 Å². The van der Waals surface area contributed by atoms with Crippen molar-refractivity contribution < 1.29 is 4.39 Å². The molecule has 0 aliphatic carbocycles. The molecule has 2 aromatic rings. The topological polar surface area (TPSA) is 67.1 Å². The highest BCUT2D eigenvalue weighted by atomic mass is 127. The quantitative estimate of drug-likeness (QED) is 0.217. The van der Waals surface area contributed by atoms with Crippen molar-refractivity contribution in [3.05, 3.63) is 42.2 Å². The summed E-state index contributed by atoms with van der Waals surface area (Å²) in [6.45, 7) is 1.38. The maximum Gasteiger partial charge on any atom is 0.191 e. The van der Waals surface area contributed by atoms with Crippen LogP contribution >= 0.6 is 35.7 Å². The van der Waals surface area contributed by atoms with Crippen LogP contribution in [0.2, 0.25) is 0 Å². The van der Waals surface area contributed by atoms with E-state index < -0.39 is 0 Å². The zero-order valence-electron chi connectivity index (χ0n) is 13.7. The summed E-state index contributed by atoms with van der Waals surface area (Å²) in [6.07, 6.45) is 2.51.